The Bertz CT molecular complexity index is 1730. The number of amides is 4. The molecule has 1 atom stereocenters. The highest BCUT2D eigenvalue weighted by Gasteiger charge is 2.16. The summed E-state index contributed by atoms with van der Waals surface area (Å²) in [7, 11) is -4.73. The van der Waals surface area contributed by atoms with Gasteiger partial charge >= 0.3 is 12.1 Å². The molecule has 0 aromatic heterocycles. The van der Waals surface area contributed by atoms with Gasteiger partial charge in [-0.25, -0.2) is 9.59 Å². The predicted molar refractivity (Wildman–Crippen MR) is 157 cm³/mol. The lowest BCUT2D eigenvalue weighted by molar-refractivity contribution is 0.261. The van der Waals surface area contributed by atoms with Crippen LogP contribution in [-0.2, 0) is 21.2 Å². The summed E-state index contributed by atoms with van der Waals surface area (Å²) in [6, 6.07) is 24.0. The van der Waals surface area contributed by atoms with Crippen LogP contribution in [0.5, 0.6) is 0 Å². The third kappa shape index (κ3) is 8.33. The summed E-state index contributed by atoms with van der Waals surface area (Å²) in [4.78, 5) is 23.9. The second-order valence-electron chi connectivity index (χ2n) is 8.44. The molecule has 210 valence electrons. The van der Waals surface area contributed by atoms with E-state index in [4.69, 9.17) is 0 Å². The normalized spacial score (nSPS) is 12.0. The van der Waals surface area contributed by atoms with Crippen LogP contribution < -0.4 is 21.3 Å². The van der Waals surface area contributed by atoms with Crippen LogP contribution >= 0.6 is 0 Å². The van der Waals surface area contributed by atoms with Crippen LogP contribution in [0.3, 0.4) is 0 Å². The van der Waals surface area contributed by atoms with Gasteiger partial charge in [0.25, 0.3) is 10.1 Å². The molecule has 0 saturated carbocycles. The van der Waals surface area contributed by atoms with Crippen LogP contribution in [0.4, 0.5) is 32.3 Å². The highest BCUT2D eigenvalue weighted by Crippen LogP contribution is 2.26. The topological polar surface area (TPSA) is 177 Å². The molecular formula is C28H23N4O7S2-. The van der Waals surface area contributed by atoms with Crippen molar-refractivity contribution in [2.75, 3.05) is 21.3 Å². The fourth-order valence-corrected chi connectivity index (χ4v) is 4.94. The Hall–Kier alpha value is -4.82. The van der Waals surface area contributed by atoms with E-state index in [-0.39, 0.29) is 27.4 Å². The summed E-state index contributed by atoms with van der Waals surface area (Å²) in [6.45, 7) is 0. The van der Waals surface area contributed by atoms with E-state index < -0.39 is 38.2 Å². The lowest BCUT2D eigenvalue weighted by Crippen LogP contribution is -2.19. The van der Waals surface area contributed by atoms with Crippen molar-refractivity contribution in [2.24, 2.45) is 0 Å². The van der Waals surface area contributed by atoms with Gasteiger partial charge in [-0.2, -0.15) is 8.42 Å². The van der Waals surface area contributed by atoms with E-state index in [9.17, 15) is 31.3 Å². The summed E-state index contributed by atoms with van der Waals surface area (Å²) >= 11 is -2.71. The first-order valence-corrected chi connectivity index (χ1v) is 14.4. The number of hydrogen-bond acceptors (Lipinski definition) is 6. The number of carbonyl (C=O) groups excluding carboxylic acids is 2. The van der Waals surface area contributed by atoms with Crippen molar-refractivity contribution >= 4 is 68.2 Å². The molecule has 4 rings (SSSR count). The number of nitrogens with one attached hydrogen (secondary N) is 4. The van der Waals surface area contributed by atoms with Crippen molar-refractivity contribution in [1.82, 2.24) is 0 Å². The number of hydrogen-bond donors (Lipinski definition) is 5. The number of rotatable bonds is 8. The van der Waals surface area contributed by atoms with E-state index in [0.717, 1.165) is 6.07 Å². The molecule has 1 unspecified atom stereocenters. The minimum atomic E-state index is -4.73. The van der Waals surface area contributed by atoms with Crippen LogP contribution in [0, 0.1) is 0 Å². The van der Waals surface area contributed by atoms with Crippen molar-refractivity contribution in [2.45, 2.75) is 9.79 Å². The van der Waals surface area contributed by atoms with Crippen LogP contribution in [0.25, 0.3) is 12.2 Å². The van der Waals surface area contributed by atoms with Gasteiger partial charge < -0.3 is 25.8 Å². The third-order valence-corrected chi connectivity index (χ3v) is 7.13. The van der Waals surface area contributed by atoms with Gasteiger partial charge in [0.1, 0.15) is 4.90 Å². The standard InChI is InChI=1S/C28H24N4O7S2/c33-27(29-21-7-3-1-4-8-21)31-23-15-13-19(25(17-23)40(35)36)11-12-20-14-16-24(18-26(20)41(37,38)39)32-28(34)30-22-9-5-2-6-10-22/h1-18H,(H,35,36)(H2,29,31,33)(H2,30,32,34)(H,37,38,39)/p-1/b12-11+. The van der Waals surface area contributed by atoms with Crippen LogP contribution in [-0.4, -0.2) is 33.8 Å². The first-order valence-electron chi connectivity index (χ1n) is 11.9. The monoisotopic (exact) mass is 591 g/mol. The van der Waals surface area contributed by atoms with Gasteiger partial charge in [-0.3, -0.25) is 8.76 Å². The SMILES string of the molecule is O=C(Nc1ccccc1)Nc1ccc(/C=C/c2ccc(NC(=O)Nc3ccccc3)cc2S(=O)(=O)O)c(S(=O)[O-])c1. The highest BCUT2D eigenvalue weighted by molar-refractivity contribution is 7.86. The Morgan fingerprint density at radius 3 is 1.59 bits per heavy atom. The van der Waals surface area contributed by atoms with Gasteiger partial charge in [0.2, 0.25) is 0 Å². The molecule has 0 aliphatic carbocycles. The molecule has 4 aromatic rings. The fourth-order valence-electron chi connectivity index (χ4n) is 3.68. The van der Waals surface area contributed by atoms with E-state index in [1.165, 1.54) is 42.5 Å². The Kier molecular flexibility index (Phi) is 9.26. The minimum Gasteiger partial charge on any atom is -0.768 e. The third-order valence-electron chi connectivity index (χ3n) is 5.51. The van der Waals surface area contributed by atoms with Crippen molar-refractivity contribution in [1.29, 1.82) is 0 Å². The van der Waals surface area contributed by atoms with E-state index in [1.807, 2.05) is 0 Å². The van der Waals surface area contributed by atoms with Gasteiger partial charge in [0.15, 0.2) is 0 Å². The van der Waals surface area contributed by atoms with Gasteiger partial charge in [0, 0.05) is 27.6 Å². The van der Waals surface area contributed by atoms with Crippen molar-refractivity contribution in [3.05, 3.63) is 108 Å². The Morgan fingerprint density at radius 2 is 1.10 bits per heavy atom. The van der Waals surface area contributed by atoms with E-state index in [0.29, 0.717) is 11.4 Å². The smallest absolute Gasteiger partial charge is 0.323 e. The van der Waals surface area contributed by atoms with Crippen LogP contribution in [0.1, 0.15) is 11.1 Å². The zero-order valence-electron chi connectivity index (χ0n) is 21.1. The number of urea groups is 2. The maximum atomic E-state index is 12.3. The lowest BCUT2D eigenvalue weighted by atomic mass is 10.1. The second kappa shape index (κ2) is 13.0. The molecule has 0 saturated heterocycles. The number of para-hydroxylation sites is 2. The summed E-state index contributed by atoms with van der Waals surface area (Å²) in [5.41, 5.74) is 1.59. The van der Waals surface area contributed by atoms with Crippen molar-refractivity contribution in [3.8, 4) is 0 Å². The molecule has 5 N–H and O–H groups in total. The van der Waals surface area contributed by atoms with Crippen LogP contribution in [0.2, 0.25) is 0 Å². The van der Waals surface area contributed by atoms with Gasteiger partial charge in [-0.1, -0.05) is 60.7 Å². The van der Waals surface area contributed by atoms with Gasteiger partial charge in [0.05, 0.1) is 0 Å². The molecular weight excluding hydrogens is 568 g/mol. The van der Waals surface area contributed by atoms with Crippen molar-refractivity contribution < 1.29 is 31.3 Å². The Labute approximate surface area is 238 Å². The molecule has 0 heterocycles. The molecule has 0 spiro atoms. The fraction of sp³-hybridized carbons (Fsp3) is 0. The number of carbonyl (C=O) groups is 2. The molecule has 0 fully saturated rings. The zero-order valence-corrected chi connectivity index (χ0v) is 22.7. The summed E-state index contributed by atoms with van der Waals surface area (Å²) < 4.78 is 57.8. The highest BCUT2D eigenvalue weighted by atomic mass is 32.2. The Balaban J connectivity index is 1.53. The molecule has 0 aliphatic heterocycles. The molecule has 4 amide bonds. The Morgan fingerprint density at radius 1 is 0.659 bits per heavy atom. The van der Waals surface area contributed by atoms with Crippen molar-refractivity contribution in [3.63, 3.8) is 0 Å². The quantitative estimate of drug-likeness (QED) is 0.100. The molecule has 0 aliphatic rings. The maximum absolute atomic E-state index is 12.3. The number of benzene rings is 4. The maximum Gasteiger partial charge on any atom is 0.323 e. The molecule has 11 nitrogen and oxygen atoms in total. The summed E-state index contributed by atoms with van der Waals surface area (Å²) in [5, 5.41) is 10.3. The predicted octanol–water partition coefficient (Wildman–Crippen LogP) is 5.63. The first-order chi connectivity index (χ1) is 19.6. The number of anilines is 4. The van der Waals surface area contributed by atoms with Gasteiger partial charge in [-0.15, -0.1) is 0 Å². The molecule has 13 heteroatoms. The summed E-state index contributed by atoms with van der Waals surface area (Å²) in [6.07, 6.45) is 2.65. The lowest BCUT2D eigenvalue weighted by Gasteiger charge is -2.13. The molecule has 41 heavy (non-hydrogen) atoms. The van der Waals surface area contributed by atoms with E-state index in [1.54, 1.807) is 60.7 Å². The largest absolute Gasteiger partial charge is 0.768 e. The van der Waals surface area contributed by atoms with Crippen LogP contribution in [0.15, 0.2) is 107 Å². The second-order valence-corrected chi connectivity index (χ2v) is 10.7. The first kappa shape index (κ1) is 29.2. The molecule has 0 radical (unpaired) electrons. The average molecular weight is 592 g/mol. The van der Waals surface area contributed by atoms with E-state index >= 15 is 0 Å². The average Bonchev–Trinajstić information content (AvgIpc) is 2.93. The molecule has 0 bridgehead atoms. The summed E-state index contributed by atoms with van der Waals surface area (Å²) in [5.74, 6) is 0. The zero-order chi connectivity index (χ0) is 29.4. The van der Waals surface area contributed by atoms with Gasteiger partial charge in [-0.05, 0) is 70.7 Å². The minimum absolute atomic E-state index is 0.0357. The molecule has 4 aromatic carbocycles. The van der Waals surface area contributed by atoms with E-state index in [2.05, 4.69) is 21.3 Å².